The Bertz CT molecular complexity index is 817. The zero-order chi connectivity index (χ0) is 17.6. The van der Waals surface area contributed by atoms with Crippen molar-refractivity contribution in [2.24, 2.45) is 0 Å². The van der Waals surface area contributed by atoms with Crippen molar-refractivity contribution in [2.75, 3.05) is 5.32 Å². The van der Waals surface area contributed by atoms with Crippen LogP contribution in [0.5, 0.6) is 0 Å². The molecule has 25 heavy (non-hydrogen) atoms. The Hall–Kier alpha value is -1.96. The van der Waals surface area contributed by atoms with Crippen LogP contribution in [-0.4, -0.2) is 25.9 Å². The number of rotatable bonds is 6. The van der Waals surface area contributed by atoms with Crippen LogP contribution in [0.15, 0.2) is 23.4 Å². The van der Waals surface area contributed by atoms with Crippen LogP contribution in [0.1, 0.15) is 50.4 Å². The molecule has 1 amide bonds. The first-order chi connectivity index (χ1) is 12.0. The number of hydrogen-bond acceptors (Lipinski definition) is 4. The van der Waals surface area contributed by atoms with Gasteiger partial charge >= 0.3 is 0 Å². The minimum absolute atomic E-state index is 0.0267. The predicted octanol–water partition coefficient (Wildman–Crippen LogP) is 3.89. The number of nitrogens with zero attached hydrogens (tertiary/aromatic N) is 3. The normalized spacial score (nSPS) is 18.2. The van der Waals surface area contributed by atoms with Gasteiger partial charge in [-0.1, -0.05) is 11.8 Å². The third kappa shape index (κ3) is 3.53. The number of amides is 1. The van der Waals surface area contributed by atoms with E-state index in [2.05, 4.69) is 20.1 Å². The summed E-state index contributed by atoms with van der Waals surface area (Å²) in [5.74, 6) is -0.290. The van der Waals surface area contributed by atoms with Gasteiger partial charge in [0.1, 0.15) is 17.5 Å². The van der Waals surface area contributed by atoms with Crippen LogP contribution in [0.25, 0.3) is 0 Å². The van der Waals surface area contributed by atoms with Crippen molar-refractivity contribution >= 4 is 23.4 Å². The van der Waals surface area contributed by atoms with E-state index >= 15 is 0 Å². The Balaban J connectivity index is 1.46. The van der Waals surface area contributed by atoms with E-state index in [1.807, 2.05) is 0 Å². The number of carbonyl (C=O) groups excluding carboxylic acids is 1. The van der Waals surface area contributed by atoms with Crippen molar-refractivity contribution in [2.45, 2.75) is 55.0 Å². The summed E-state index contributed by atoms with van der Waals surface area (Å²) >= 11 is 1.32. The highest BCUT2D eigenvalue weighted by atomic mass is 32.2. The Morgan fingerprint density at radius 1 is 1.28 bits per heavy atom. The highest BCUT2D eigenvalue weighted by Gasteiger charge is 2.37. The summed E-state index contributed by atoms with van der Waals surface area (Å²) in [6.07, 6.45) is 4.53. The van der Waals surface area contributed by atoms with Crippen LogP contribution in [-0.2, 0) is 4.79 Å². The standard InChI is InChI=1S/C17H18F2N4OS/c1-9(16(24)20-14-7-4-11(18)8-13(14)19)25-17-22-21-15(10-2-3-10)23(17)12-5-6-12/h4,7-10,12H,2-3,5-6H2,1H3,(H,20,24)/t9-/m0/s1. The van der Waals surface area contributed by atoms with E-state index in [-0.39, 0.29) is 11.6 Å². The molecular weight excluding hydrogens is 346 g/mol. The summed E-state index contributed by atoms with van der Waals surface area (Å²) in [7, 11) is 0. The summed E-state index contributed by atoms with van der Waals surface area (Å²) in [6.45, 7) is 1.74. The highest BCUT2D eigenvalue weighted by molar-refractivity contribution is 8.00. The monoisotopic (exact) mass is 364 g/mol. The molecule has 1 atom stereocenters. The molecule has 1 heterocycles. The lowest BCUT2D eigenvalue weighted by molar-refractivity contribution is -0.115. The molecule has 8 heteroatoms. The molecule has 132 valence electrons. The lowest BCUT2D eigenvalue weighted by atomic mass is 10.3. The quantitative estimate of drug-likeness (QED) is 0.790. The molecule has 0 saturated heterocycles. The second kappa shape index (κ2) is 6.40. The Morgan fingerprint density at radius 3 is 2.68 bits per heavy atom. The van der Waals surface area contributed by atoms with E-state index < -0.39 is 16.9 Å². The summed E-state index contributed by atoms with van der Waals surface area (Å²) in [6, 6.07) is 3.52. The lowest BCUT2D eigenvalue weighted by Crippen LogP contribution is -2.23. The average molecular weight is 364 g/mol. The number of halogens is 2. The van der Waals surface area contributed by atoms with Crippen molar-refractivity contribution in [3.63, 3.8) is 0 Å². The number of anilines is 1. The van der Waals surface area contributed by atoms with Gasteiger partial charge in [-0.15, -0.1) is 10.2 Å². The number of aromatic nitrogens is 3. The molecule has 5 nitrogen and oxygen atoms in total. The molecular formula is C17H18F2N4OS. The van der Waals surface area contributed by atoms with Crippen molar-refractivity contribution in [3.05, 3.63) is 35.7 Å². The molecule has 2 fully saturated rings. The summed E-state index contributed by atoms with van der Waals surface area (Å²) < 4.78 is 28.8. The van der Waals surface area contributed by atoms with Crippen molar-refractivity contribution in [3.8, 4) is 0 Å². The highest BCUT2D eigenvalue weighted by Crippen LogP contribution is 2.46. The van der Waals surface area contributed by atoms with Gasteiger partial charge in [0.25, 0.3) is 0 Å². The molecule has 4 rings (SSSR count). The minimum atomic E-state index is -0.789. The maximum absolute atomic E-state index is 13.7. The molecule has 1 aromatic carbocycles. The van der Waals surface area contributed by atoms with Crippen LogP contribution in [0.3, 0.4) is 0 Å². The molecule has 2 aliphatic rings. The molecule has 0 bridgehead atoms. The second-order valence-electron chi connectivity index (χ2n) is 6.59. The zero-order valence-corrected chi connectivity index (χ0v) is 14.5. The molecule has 1 aromatic heterocycles. The van der Waals surface area contributed by atoms with E-state index in [9.17, 15) is 13.6 Å². The first kappa shape index (κ1) is 16.5. The minimum Gasteiger partial charge on any atom is -0.323 e. The van der Waals surface area contributed by atoms with Crippen LogP contribution >= 0.6 is 11.8 Å². The van der Waals surface area contributed by atoms with Gasteiger partial charge in [-0.3, -0.25) is 4.79 Å². The summed E-state index contributed by atoms with van der Waals surface area (Å²) in [5, 5.41) is 11.4. The second-order valence-corrected chi connectivity index (χ2v) is 7.90. The predicted molar refractivity (Wildman–Crippen MR) is 90.6 cm³/mol. The third-order valence-corrected chi connectivity index (χ3v) is 5.44. The molecule has 0 aliphatic heterocycles. The van der Waals surface area contributed by atoms with Gasteiger partial charge in [0.2, 0.25) is 5.91 Å². The largest absolute Gasteiger partial charge is 0.323 e. The van der Waals surface area contributed by atoms with Crippen LogP contribution in [0.2, 0.25) is 0 Å². The summed E-state index contributed by atoms with van der Waals surface area (Å²) in [5.41, 5.74) is -0.0267. The SMILES string of the molecule is C[C@H](Sc1nnc(C2CC2)n1C1CC1)C(=O)Nc1ccc(F)cc1F. The number of thioether (sulfide) groups is 1. The van der Waals surface area contributed by atoms with Gasteiger partial charge in [0.05, 0.1) is 10.9 Å². The Labute approximate surface area is 148 Å². The van der Waals surface area contributed by atoms with Crippen LogP contribution in [0, 0.1) is 11.6 Å². The fourth-order valence-corrected chi connectivity index (χ4v) is 3.63. The molecule has 2 aliphatic carbocycles. The van der Waals surface area contributed by atoms with E-state index in [0.717, 1.165) is 48.8 Å². The first-order valence-electron chi connectivity index (χ1n) is 8.40. The van der Waals surface area contributed by atoms with Crippen molar-refractivity contribution in [1.82, 2.24) is 14.8 Å². The van der Waals surface area contributed by atoms with Gasteiger partial charge in [-0.2, -0.15) is 0 Å². The molecule has 2 saturated carbocycles. The summed E-state index contributed by atoms with van der Waals surface area (Å²) in [4.78, 5) is 12.4. The van der Waals surface area contributed by atoms with Gasteiger partial charge in [0.15, 0.2) is 5.16 Å². The fraction of sp³-hybridized carbons (Fsp3) is 0.471. The van der Waals surface area contributed by atoms with Crippen molar-refractivity contribution < 1.29 is 13.6 Å². The Morgan fingerprint density at radius 2 is 2.04 bits per heavy atom. The van der Waals surface area contributed by atoms with Crippen molar-refractivity contribution in [1.29, 1.82) is 0 Å². The van der Waals surface area contributed by atoms with Gasteiger partial charge in [-0.25, -0.2) is 8.78 Å². The molecule has 1 N–H and O–H groups in total. The number of benzene rings is 1. The first-order valence-corrected chi connectivity index (χ1v) is 9.28. The molecule has 2 aromatic rings. The fourth-order valence-electron chi connectivity index (χ4n) is 2.70. The molecule has 0 radical (unpaired) electrons. The molecule has 0 spiro atoms. The van der Waals surface area contributed by atoms with E-state index in [1.165, 1.54) is 17.8 Å². The van der Waals surface area contributed by atoms with E-state index in [1.54, 1.807) is 6.92 Å². The Kier molecular flexibility index (Phi) is 4.23. The van der Waals surface area contributed by atoms with E-state index in [4.69, 9.17) is 0 Å². The maximum atomic E-state index is 13.7. The number of hydrogen-bond donors (Lipinski definition) is 1. The van der Waals surface area contributed by atoms with E-state index in [0.29, 0.717) is 12.0 Å². The van der Waals surface area contributed by atoms with Gasteiger partial charge in [0, 0.05) is 18.0 Å². The smallest absolute Gasteiger partial charge is 0.237 e. The number of nitrogens with one attached hydrogen (secondary N) is 1. The zero-order valence-electron chi connectivity index (χ0n) is 13.7. The average Bonchev–Trinajstić information content (AvgIpc) is 3.49. The number of carbonyl (C=O) groups is 1. The van der Waals surface area contributed by atoms with Gasteiger partial charge < -0.3 is 9.88 Å². The third-order valence-electron chi connectivity index (χ3n) is 4.39. The topological polar surface area (TPSA) is 59.8 Å². The van der Waals surface area contributed by atoms with Gasteiger partial charge in [-0.05, 0) is 44.7 Å². The lowest BCUT2D eigenvalue weighted by Gasteiger charge is -2.13. The molecule has 0 unspecified atom stereocenters. The van der Waals surface area contributed by atoms with Crippen LogP contribution in [0.4, 0.5) is 14.5 Å². The van der Waals surface area contributed by atoms with Crippen LogP contribution < -0.4 is 5.32 Å². The maximum Gasteiger partial charge on any atom is 0.237 e.